The van der Waals surface area contributed by atoms with Crippen molar-refractivity contribution >= 4 is 11.6 Å². The minimum absolute atomic E-state index is 0.0342. The molecule has 5 nitrogen and oxygen atoms in total. The van der Waals surface area contributed by atoms with Crippen LogP contribution in [0.5, 0.6) is 0 Å². The molecule has 0 bridgehead atoms. The molecule has 0 spiro atoms. The van der Waals surface area contributed by atoms with Crippen molar-refractivity contribution in [3.8, 4) is 0 Å². The van der Waals surface area contributed by atoms with Crippen molar-refractivity contribution in [2.24, 2.45) is 0 Å². The molecule has 0 aromatic heterocycles. The number of quaternary nitrogens is 1. The molecule has 2 aliphatic heterocycles. The van der Waals surface area contributed by atoms with Gasteiger partial charge in [-0.05, 0) is 49.9 Å². The third kappa shape index (κ3) is 2.76. The lowest BCUT2D eigenvalue weighted by atomic mass is 9.88. The van der Waals surface area contributed by atoms with E-state index >= 15 is 0 Å². The Morgan fingerprint density at radius 3 is 2.67 bits per heavy atom. The lowest BCUT2D eigenvalue weighted by Crippen LogP contribution is -2.65. The smallest absolute Gasteiger partial charge is 0.203 e. The number of ketones is 2. The van der Waals surface area contributed by atoms with Crippen LogP contribution in [0.2, 0.25) is 0 Å². The van der Waals surface area contributed by atoms with Gasteiger partial charge in [0.2, 0.25) is 5.78 Å². The molecule has 0 aromatic rings. The van der Waals surface area contributed by atoms with Crippen LogP contribution in [0.3, 0.4) is 0 Å². The first-order valence-electron chi connectivity index (χ1n) is 8.68. The van der Waals surface area contributed by atoms with E-state index in [1.807, 2.05) is 25.1 Å². The summed E-state index contributed by atoms with van der Waals surface area (Å²) in [5.41, 5.74) is 3.62. The fourth-order valence-corrected chi connectivity index (χ4v) is 4.35. The molecule has 2 atom stereocenters. The summed E-state index contributed by atoms with van der Waals surface area (Å²) in [5, 5.41) is 0. The lowest BCUT2D eigenvalue weighted by Gasteiger charge is -2.48. The summed E-state index contributed by atoms with van der Waals surface area (Å²) in [7, 11) is 8.16. The van der Waals surface area contributed by atoms with Crippen LogP contribution >= 0.6 is 0 Å². The van der Waals surface area contributed by atoms with E-state index in [0.29, 0.717) is 11.0 Å². The lowest BCUT2D eigenvalue weighted by molar-refractivity contribution is -0.921. The molecule has 24 heavy (non-hydrogen) atoms. The second-order valence-electron chi connectivity index (χ2n) is 7.91. The Hall–Kier alpha value is -1.72. The second kappa shape index (κ2) is 5.97. The van der Waals surface area contributed by atoms with Crippen molar-refractivity contribution in [2.75, 3.05) is 41.4 Å². The molecule has 3 rings (SSSR count). The number of carbonyl (C=O) groups excluding carboxylic acids is 2. The van der Waals surface area contributed by atoms with Crippen LogP contribution in [-0.4, -0.2) is 79.3 Å². The van der Waals surface area contributed by atoms with Gasteiger partial charge in [0.25, 0.3) is 0 Å². The summed E-state index contributed by atoms with van der Waals surface area (Å²) in [5.74, 6) is 0.343. The van der Waals surface area contributed by atoms with Crippen LogP contribution in [0, 0.1) is 0 Å². The Morgan fingerprint density at radius 1 is 1.33 bits per heavy atom. The number of allylic oxidation sites excluding steroid dienone is 4. The maximum absolute atomic E-state index is 12.8. The number of nitrogens with zero attached hydrogens (tertiary/aromatic N) is 3. The van der Waals surface area contributed by atoms with Crippen molar-refractivity contribution in [3.63, 3.8) is 0 Å². The standard InChI is InChI=1S/C19H28N3O2/c1-6-16-14-8-7-13(23)9-15(14)17-10-18(19(24)11-20(2)3)22(4,5)12-21(16)17/h7-9,17-18H,6,10-12H2,1-5H3/q+1. The highest BCUT2D eigenvalue weighted by Crippen LogP contribution is 2.43. The summed E-state index contributed by atoms with van der Waals surface area (Å²) in [6, 6.07) is 0.124. The maximum Gasteiger partial charge on any atom is 0.203 e. The third-order valence-electron chi connectivity index (χ3n) is 5.40. The highest BCUT2D eigenvalue weighted by Gasteiger charge is 2.49. The van der Waals surface area contributed by atoms with Crippen molar-refractivity contribution in [1.82, 2.24) is 9.80 Å². The topological polar surface area (TPSA) is 40.6 Å². The van der Waals surface area contributed by atoms with Gasteiger partial charge in [0.05, 0.1) is 26.7 Å². The highest BCUT2D eigenvalue weighted by atomic mass is 16.1. The summed E-state index contributed by atoms with van der Waals surface area (Å²) in [6.07, 6.45) is 7.11. The number of hydrogen-bond acceptors (Lipinski definition) is 4. The number of rotatable bonds is 4. The maximum atomic E-state index is 12.8. The zero-order valence-corrected chi connectivity index (χ0v) is 15.4. The van der Waals surface area contributed by atoms with E-state index in [2.05, 4.69) is 25.9 Å². The van der Waals surface area contributed by atoms with Gasteiger partial charge >= 0.3 is 0 Å². The van der Waals surface area contributed by atoms with Gasteiger partial charge in [-0.15, -0.1) is 0 Å². The van der Waals surface area contributed by atoms with Crippen molar-refractivity contribution in [1.29, 1.82) is 0 Å². The van der Waals surface area contributed by atoms with Crippen LogP contribution in [0.25, 0.3) is 0 Å². The molecule has 0 N–H and O–H groups in total. The Kier molecular flexibility index (Phi) is 4.26. The molecular formula is C19H28N3O2+. The van der Waals surface area contributed by atoms with Gasteiger partial charge in [-0.25, -0.2) is 0 Å². The molecule has 0 radical (unpaired) electrons. The number of likely N-dealkylation sites (N-methyl/N-ethyl adjacent to an activating group) is 2. The van der Waals surface area contributed by atoms with Gasteiger partial charge < -0.3 is 14.3 Å². The van der Waals surface area contributed by atoms with Crippen molar-refractivity contribution in [3.05, 3.63) is 35.1 Å². The molecule has 2 heterocycles. The predicted octanol–water partition coefficient (Wildman–Crippen LogP) is 1.34. The summed E-state index contributed by atoms with van der Waals surface area (Å²) >= 11 is 0. The van der Waals surface area contributed by atoms with Crippen LogP contribution in [0.4, 0.5) is 0 Å². The Bertz CT molecular complexity index is 670. The Morgan fingerprint density at radius 2 is 2.04 bits per heavy atom. The SMILES string of the molecule is CCC1=C2C=CC(=O)C=C2C2CC(C(=O)CN(C)C)[N+](C)(C)CN12. The van der Waals surface area contributed by atoms with E-state index in [0.717, 1.165) is 25.1 Å². The highest BCUT2D eigenvalue weighted by molar-refractivity contribution is 6.03. The normalized spacial score (nSPS) is 28.2. The fraction of sp³-hybridized carbons (Fsp3) is 0.579. The first-order valence-corrected chi connectivity index (χ1v) is 8.68. The quantitative estimate of drug-likeness (QED) is 0.730. The Labute approximate surface area is 144 Å². The molecule has 5 heteroatoms. The largest absolute Gasteiger partial charge is 0.321 e. The van der Waals surface area contributed by atoms with Gasteiger partial charge in [0, 0.05) is 12.1 Å². The van der Waals surface area contributed by atoms with E-state index in [9.17, 15) is 9.59 Å². The van der Waals surface area contributed by atoms with Gasteiger partial charge in [-0.1, -0.05) is 6.92 Å². The van der Waals surface area contributed by atoms with E-state index < -0.39 is 0 Å². The number of hydrogen-bond donors (Lipinski definition) is 0. The first-order chi connectivity index (χ1) is 11.2. The Balaban J connectivity index is 1.95. The summed E-state index contributed by atoms with van der Waals surface area (Å²) in [6.45, 7) is 3.44. The van der Waals surface area contributed by atoms with Crippen LogP contribution in [-0.2, 0) is 9.59 Å². The molecule has 0 aromatic carbocycles. The molecule has 3 aliphatic rings. The average Bonchev–Trinajstić information content (AvgIpc) is 2.76. The van der Waals surface area contributed by atoms with Crippen molar-refractivity contribution < 1.29 is 14.1 Å². The molecule has 1 aliphatic carbocycles. The van der Waals surface area contributed by atoms with Gasteiger partial charge in [0.15, 0.2) is 18.5 Å². The average molecular weight is 330 g/mol. The molecule has 0 saturated carbocycles. The predicted molar refractivity (Wildman–Crippen MR) is 94.1 cm³/mol. The van der Waals surface area contributed by atoms with E-state index in [4.69, 9.17) is 0 Å². The van der Waals surface area contributed by atoms with Gasteiger partial charge in [0.1, 0.15) is 0 Å². The van der Waals surface area contributed by atoms with Crippen LogP contribution < -0.4 is 0 Å². The number of Topliss-reactive ketones (excluding diaryl/α,β-unsaturated/α-hetero) is 1. The molecule has 2 unspecified atom stereocenters. The first kappa shape index (κ1) is 17.1. The van der Waals surface area contributed by atoms with Crippen molar-refractivity contribution in [2.45, 2.75) is 31.8 Å². The van der Waals surface area contributed by atoms with E-state index in [1.165, 1.54) is 11.3 Å². The van der Waals surface area contributed by atoms with E-state index in [-0.39, 0.29) is 23.7 Å². The zero-order chi connectivity index (χ0) is 17.6. The summed E-state index contributed by atoms with van der Waals surface area (Å²) in [4.78, 5) is 29.0. The fourth-order valence-electron chi connectivity index (χ4n) is 4.35. The summed E-state index contributed by atoms with van der Waals surface area (Å²) < 4.78 is 0.672. The molecular weight excluding hydrogens is 302 g/mol. The van der Waals surface area contributed by atoms with E-state index in [1.54, 1.807) is 12.2 Å². The number of carbonyl (C=O) groups is 2. The van der Waals surface area contributed by atoms with Crippen LogP contribution in [0.1, 0.15) is 19.8 Å². The second-order valence-corrected chi connectivity index (χ2v) is 7.91. The van der Waals surface area contributed by atoms with Gasteiger partial charge in [-0.2, -0.15) is 0 Å². The molecule has 130 valence electrons. The molecule has 0 amide bonds. The molecule has 1 fully saturated rings. The number of fused-ring (bicyclic) bond motifs is 3. The minimum Gasteiger partial charge on any atom is -0.321 e. The third-order valence-corrected chi connectivity index (χ3v) is 5.40. The van der Waals surface area contributed by atoms with Gasteiger partial charge in [-0.3, -0.25) is 9.59 Å². The monoisotopic (exact) mass is 330 g/mol. The van der Waals surface area contributed by atoms with Crippen LogP contribution in [0.15, 0.2) is 35.1 Å². The minimum atomic E-state index is -0.0342. The molecule has 1 saturated heterocycles. The zero-order valence-electron chi connectivity index (χ0n) is 15.4.